The zero-order valence-electron chi connectivity index (χ0n) is 34.7. The number of ether oxygens (including phenoxy) is 2. The zero-order valence-corrected chi connectivity index (χ0v) is 34.7. The molecule has 5 aromatic carbocycles. The molecule has 0 aliphatic heterocycles. The molecule has 6 rings (SSSR count). The van der Waals surface area contributed by atoms with Crippen LogP contribution >= 0.6 is 0 Å². The Morgan fingerprint density at radius 1 is 0.723 bits per heavy atom. The number of phenols is 3. The van der Waals surface area contributed by atoms with Crippen LogP contribution in [0.4, 0.5) is 21.5 Å². The van der Waals surface area contributed by atoms with Gasteiger partial charge in [0.1, 0.15) is 23.2 Å². The van der Waals surface area contributed by atoms with Crippen molar-refractivity contribution in [3.05, 3.63) is 148 Å². The number of carboxylic acid groups (broad SMARTS) is 1. The lowest BCUT2D eigenvalue weighted by Gasteiger charge is -2.18. The Morgan fingerprint density at radius 2 is 1.34 bits per heavy atom. The van der Waals surface area contributed by atoms with E-state index in [1.54, 1.807) is 25.1 Å². The molecular weight excluding hydrogens is 846 g/mol. The van der Waals surface area contributed by atoms with Crippen molar-refractivity contribution in [2.24, 2.45) is 0 Å². The molecule has 0 bridgehead atoms. The van der Waals surface area contributed by atoms with Gasteiger partial charge in [-0.15, -0.1) is 5.10 Å². The number of rotatable bonds is 16. The van der Waals surface area contributed by atoms with E-state index in [9.17, 15) is 44.4 Å². The molecule has 1 unspecified atom stereocenters. The Morgan fingerprint density at radius 3 is 1.95 bits per heavy atom. The summed E-state index contributed by atoms with van der Waals surface area (Å²) in [7, 11) is 2.36. The van der Waals surface area contributed by atoms with Gasteiger partial charge < -0.3 is 51.2 Å². The predicted octanol–water partition coefficient (Wildman–Crippen LogP) is 6.38. The van der Waals surface area contributed by atoms with Gasteiger partial charge in [0.2, 0.25) is 5.91 Å². The van der Waals surface area contributed by atoms with Gasteiger partial charge in [0.05, 0.1) is 37.4 Å². The molecule has 65 heavy (non-hydrogen) atoms. The van der Waals surface area contributed by atoms with Crippen LogP contribution in [0.25, 0.3) is 18.0 Å². The topological polar surface area (TPSA) is 274 Å². The second-order valence-electron chi connectivity index (χ2n) is 14.1. The number of aromatic carboxylic acids is 1. The van der Waals surface area contributed by atoms with Gasteiger partial charge in [0, 0.05) is 40.1 Å². The van der Waals surface area contributed by atoms with Crippen LogP contribution in [-0.2, 0) is 16.0 Å². The quantitative estimate of drug-likeness (QED) is 0.0378. The molecule has 1 aromatic heterocycles. The average molecular weight is 886 g/mol. The maximum atomic E-state index is 15.7. The fourth-order valence-electron chi connectivity index (χ4n) is 6.31. The standard InChI is InChI=1S/C46H40FN7O11/c1-24(20-25-4-15-32(55)16-5-25)42(58)49-29-13-8-27(9-14-29)43(59)52-37(22-31-23-48-54-53-31)45(61)50-30-11-6-26(7-12-30)35(47)21-28-10-17-33(38(56)40(28)64-2)44(60)51-36-19-18-34(46(62)63)39(57)41(36)65-3/h4-21,23,37,55-57H,22H2,1-3H3,(H,49,58)(H,50,61)(H,51,60)(H,52,59)(H,62,63)(H,48,53,54)/b24-20+,35-21-. The first kappa shape index (κ1) is 45.5. The highest BCUT2D eigenvalue weighted by atomic mass is 19.1. The third-order valence-corrected chi connectivity index (χ3v) is 9.69. The fraction of sp³-hybridized carbons (Fsp3) is 0.109. The van der Waals surface area contributed by atoms with E-state index in [0.717, 1.165) is 24.8 Å². The van der Waals surface area contributed by atoms with Crippen LogP contribution in [0.1, 0.15) is 60.4 Å². The van der Waals surface area contributed by atoms with Crippen molar-refractivity contribution in [3.8, 4) is 28.7 Å². The number of carbonyl (C=O) groups excluding carboxylic acids is 4. The van der Waals surface area contributed by atoms with Crippen LogP contribution in [0.15, 0.2) is 109 Å². The summed E-state index contributed by atoms with van der Waals surface area (Å²) in [5, 5.41) is 60.7. The fourth-order valence-corrected chi connectivity index (χ4v) is 6.31. The molecule has 0 fully saturated rings. The third-order valence-electron chi connectivity index (χ3n) is 9.69. The highest BCUT2D eigenvalue weighted by Gasteiger charge is 2.25. The highest BCUT2D eigenvalue weighted by molar-refractivity contribution is 6.09. The van der Waals surface area contributed by atoms with Crippen LogP contribution in [0.2, 0.25) is 0 Å². The summed E-state index contributed by atoms with van der Waals surface area (Å²) in [6, 6.07) is 21.7. The number of hydrogen-bond donors (Lipinski definition) is 9. The number of aromatic hydroxyl groups is 3. The van der Waals surface area contributed by atoms with E-state index in [1.807, 2.05) is 0 Å². The van der Waals surface area contributed by atoms with Gasteiger partial charge in [-0.3, -0.25) is 24.3 Å². The first-order valence-corrected chi connectivity index (χ1v) is 19.3. The second-order valence-corrected chi connectivity index (χ2v) is 14.1. The van der Waals surface area contributed by atoms with Crippen LogP contribution in [0.3, 0.4) is 0 Å². The Kier molecular flexibility index (Phi) is 14.2. The normalized spacial score (nSPS) is 11.8. The molecule has 0 spiro atoms. The van der Waals surface area contributed by atoms with Crippen LogP contribution in [0.5, 0.6) is 28.7 Å². The number of halogens is 1. The summed E-state index contributed by atoms with van der Waals surface area (Å²) < 4.78 is 26.0. The number of nitrogens with one attached hydrogen (secondary N) is 5. The van der Waals surface area contributed by atoms with Gasteiger partial charge in [-0.05, 0) is 104 Å². The van der Waals surface area contributed by atoms with Crippen molar-refractivity contribution < 1.29 is 58.3 Å². The Bertz CT molecular complexity index is 2810. The van der Waals surface area contributed by atoms with Crippen molar-refractivity contribution in [1.82, 2.24) is 20.7 Å². The number of benzene rings is 5. The summed E-state index contributed by atoms with van der Waals surface area (Å²) in [6.45, 7) is 1.64. The van der Waals surface area contributed by atoms with E-state index in [1.165, 1.54) is 92.2 Å². The SMILES string of the molecule is COc1c(/C=C(\F)c2ccc(NC(=O)C(Cc3cnn[nH]3)NC(=O)c3ccc(NC(=O)/C(C)=C/c4ccc(O)cc4)cc3)cc2)ccc(C(=O)Nc2ccc(C(=O)O)c(O)c2OC)c1O. The summed E-state index contributed by atoms with van der Waals surface area (Å²) in [4.78, 5) is 64.3. The molecule has 4 amide bonds. The number of nitrogens with zero attached hydrogens (tertiary/aromatic N) is 2. The van der Waals surface area contributed by atoms with E-state index in [0.29, 0.717) is 17.0 Å². The molecule has 19 heteroatoms. The van der Waals surface area contributed by atoms with Gasteiger partial charge in [0.15, 0.2) is 23.0 Å². The predicted molar refractivity (Wildman–Crippen MR) is 236 cm³/mol. The lowest BCUT2D eigenvalue weighted by molar-refractivity contribution is -0.118. The van der Waals surface area contributed by atoms with Crippen molar-refractivity contribution >= 4 is 64.6 Å². The Balaban J connectivity index is 1.11. The number of carbonyl (C=O) groups is 5. The minimum absolute atomic E-state index is 0.0202. The van der Waals surface area contributed by atoms with Gasteiger partial charge >= 0.3 is 5.97 Å². The van der Waals surface area contributed by atoms with Gasteiger partial charge in [-0.25, -0.2) is 9.18 Å². The molecular formula is C46H40FN7O11. The van der Waals surface area contributed by atoms with Crippen LogP contribution in [-0.4, -0.2) is 85.7 Å². The molecule has 0 aliphatic rings. The van der Waals surface area contributed by atoms with Crippen LogP contribution in [0, 0.1) is 0 Å². The molecule has 1 atom stereocenters. The molecule has 9 N–H and O–H groups in total. The largest absolute Gasteiger partial charge is 0.508 e. The average Bonchev–Trinajstić information content (AvgIpc) is 3.80. The summed E-state index contributed by atoms with van der Waals surface area (Å²) in [5.41, 5.74) is 1.72. The van der Waals surface area contributed by atoms with Crippen molar-refractivity contribution in [3.63, 3.8) is 0 Å². The third kappa shape index (κ3) is 11.1. The van der Waals surface area contributed by atoms with E-state index in [4.69, 9.17) is 9.47 Å². The molecule has 0 radical (unpaired) electrons. The first-order valence-electron chi connectivity index (χ1n) is 19.3. The second kappa shape index (κ2) is 20.2. The van der Waals surface area contributed by atoms with E-state index < -0.39 is 52.6 Å². The van der Waals surface area contributed by atoms with Gasteiger partial charge in [-0.2, -0.15) is 0 Å². The molecule has 0 saturated carbocycles. The Hall–Kier alpha value is -9.00. The number of methoxy groups -OCH3 is 2. The first-order chi connectivity index (χ1) is 31.1. The number of amides is 4. The number of hydrogen-bond acceptors (Lipinski definition) is 12. The number of carboxylic acids is 1. The number of aromatic amines is 1. The highest BCUT2D eigenvalue weighted by Crippen LogP contribution is 2.40. The number of anilines is 3. The molecule has 1 heterocycles. The maximum absolute atomic E-state index is 15.7. The molecule has 0 aliphatic carbocycles. The number of aromatic nitrogens is 3. The molecule has 6 aromatic rings. The van der Waals surface area contributed by atoms with Crippen molar-refractivity contribution in [2.75, 3.05) is 30.2 Å². The van der Waals surface area contributed by atoms with Gasteiger partial charge in [0.25, 0.3) is 17.7 Å². The lowest BCUT2D eigenvalue weighted by Crippen LogP contribution is -2.45. The number of phenolic OH excluding ortho intramolecular Hbond substituents is 2. The van der Waals surface area contributed by atoms with E-state index in [2.05, 4.69) is 36.7 Å². The summed E-state index contributed by atoms with van der Waals surface area (Å²) in [5.74, 6) is -6.51. The minimum atomic E-state index is -1.42. The zero-order chi connectivity index (χ0) is 46.8. The smallest absolute Gasteiger partial charge is 0.339 e. The van der Waals surface area contributed by atoms with E-state index >= 15 is 4.39 Å². The summed E-state index contributed by atoms with van der Waals surface area (Å²) >= 11 is 0. The lowest BCUT2D eigenvalue weighted by atomic mass is 10.0. The molecule has 18 nitrogen and oxygen atoms in total. The van der Waals surface area contributed by atoms with Gasteiger partial charge in [-0.1, -0.05) is 23.4 Å². The van der Waals surface area contributed by atoms with E-state index in [-0.39, 0.29) is 63.2 Å². The maximum Gasteiger partial charge on any atom is 0.339 e. The molecule has 332 valence electrons. The van der Waals surface area contributed by atoms with Crippen molar-refractivity contribution in [1.29, 1.82) is 0 Å². The van der Waals surface area contributed by atoms with Crippen molar-refractivity contribution in [2.45, 2.75) is 19.4 Å². The summed E-state index contributed by atoms with van der Waals surface area (Å²) in [6.07, 6.45) is 4.09. The monoisotopic (exact) mass is 885 g/mol. The Labute approximate surface area is 369 Å². The minimum Gasteiger partial charge on any atom is -0.508 e. The molecule has 0 saturated heterocycles. The number of H-pyrrole nitrogens is 1. The van der Waals surface area contributed by atoms with Crippen LogP contribution < -0.4 is 30.7 Å².